The van der Waals surface area contributed by atoms with Crippen LogP contribution in [0.4, 0.5) is 5.82 Å². The van der Waals surface area contributed by atoms with Gasteiger partial charge in [-0.2, -0.15) is 10.4 Å². The molecule has 0 unspecified atom stereocenters. The van der Waals surface area contributed by atoms with E-state index in [1.54, 1.807) is 24.5 Å². The lowest BCUT2D eigenvalue weighted by atomic mass is 10.1. The number of amides is 1. The van der Waals surface area contributed by atoms with Crippen LogP contribution in [0, 0.1) is 18.3 Å². The van der Waals surface area contributed by atoms with E-state index in [0.29, 0.717) is 22.8 Å². The van der Waals surface area contributed by atoms with Crippen LogP contribution in [0.3, 0.4) is 0 Å². The molecule has 3 aromatic rings. The van der Waals surface area contributed by atoms with E-state index in [1.807, 2.05) is 31.2 Å². The Hall–Kier alpha value is -3.17. The van der Waals surface area contributed by atoms with Gasteiger partial charge in [0.2, 0.25) is 5.91 Å². The number of carbonyl (C=O) groups is 1. The average Bonchev–Trinajstić information content (AvgIpc) is 3.02. The lowest BCUT2D eigenvalue weighted by Gasteiger charge is -2.05. The number of aromatic nitrogens is 3. The normalized spacial score (nSPS) is 10.3. The van der Waals surface area contributed by atoms with Gasteiger partial charge in [0.1, 0.15) is 6.07 Å². The van der Waals surface area contributed by atoms with Crippen molar-refractivity contribution in [2.24, 2.45) is 0 Å². The molecule has 0 bridgehead atoms. The maximum absolute atomic E-state index is 12.2. The molecule has 26 heavy (non-hydrogen) atoms. The second-order valence-corrected chi connectivity index (χ2v) is 6.19. The standard InChI is InChI=1S/C19H16ClN5O/c1-12-18(14-6-8-22-9-7-14)24-25-19(12)23-17(26)5-3-13-2-4-16(20)15(10-13)11-21/h2,4,6-10H,3,5H2,1H3,(H2,23,24,25,26). The average molecular weight is 366 g/mol. The Labute approximate surface area is 155 Å². The van der Waals surface area contributed by atoms with Gasteiger partial charge in [0, 0.05) is 29.9 Å². The van der Waals surface area contributed by atoms with Crippen molar-refractivity contribution in [3.8, 4) is 17.3 Å². The predicted molar refractivity (Wildman–Crippen MR) is 99.7 cm³/mol. The number of nitrogens with one attached hydrogen (secondary N) is 2. The van der Waals surface area contributed by atoms with E-state index >= 15 is 0 Å². The van der Waals surface area contributed by atoms with Crippen molar-refractivity contribution in [1.82, 2.24) is 15.2 Å². The molecule has 0 aliphatic heterocycles. The molecule has 0 radical (unpaired) electrons. The maximum Gasteiger partial charge on any atom is 0.225 e. The number of halogens is 1. The molecule has 2 heterocycles. The molecule has 1 aromatic carbocycles. The summed E-state index contributed by atoms with van der Waals surface area (Å²) in [4.78, 5) is 16.2. The fraction of sp³-hybridized carbons (Fsp3) is 0.158. The van der Waals surface area contributed by atoms with Crippen LogP contribution < -0.4 is 5.32 Å². The van der Waals surface area contributed by atoms with Crippen LogP contribution >= 0.6 is 11.6 Å². The van der Waals surface area contributed by atoms with E-state index in [0.717, 1.165) is 22.4 Å². The van der Waals surface area contributed by atoms with Crippen molar-refractivity contribution in [1.29, 1.82) is 5.26 Å². The molecule has 2 N–H and O–H groups in total. The molecule has 0 aliphatic rings. The Morgan fingerprint density at radius 3 is 2.81 bits per heavy atom. The van der Waals surface area contributed by atoms with Gasteiger partial charge in [-0.05, 0) is 43.2 Å². The van der Waals surface area contributed by atoms with Crippen molar-refractivity contribution in [2.75, 3.05) is 5.32 Å². The molecular formula is C19H16ClN5O. The number of nitrogens with zero attached hydrogens (tertiary/aromatic N) is 3. The SMILES string of the molecule is Cc1c(NC(=O)CCc2ccc(Cl)c(C#N)c2)n[nH]c1-c1ccncc1. The molecule has 3 rings (SSSR count). The Morgan fingerprint density at radius 1 is 1.31 bits per heavy atom. The highest BCUT2D eigenvalue weighted by molar-refractivity contribution is 6.31. The lowest BCUT2D eigenvalue weighted by Crippen LogP contribution is -2.13. The first kappa shape index (κ1) is 17.6. The number of nitriles is 1. The van der Waals surface area contributed by atoms with E-state index in [-0.39, 0.29) is 12.3 Å². The summed E-state index contributed by atoms with van der Waals surface area (Å²) in [5.74, 6) is 0.366. The van der Waals surface area contributed by atoms with Crippen molar-refractivity contribution in [2.45, 2.75) is 19.8 Å². The molecule has 0 spiro atoms. The second-order valence-electron chi connectivity index (χ2n) is 5.78. The predicted octanol–water partition coefficient (Wildman–Crippen LogP) is 3.88. The van der Waals surface area contributed by atoms with E-state index < -0.39 is 0 Å². The number of aromatic amines is 1. The minimum Gasteiger partial charge on any atom is -0.309 e. The number of anilines is 1. The monoisotopic (exact) mass is 365 g/mol. The summed E-state index contributed by atoms with van der Waals surface area (Å²) >= 11 is 5.92. The third kappa shape index (κ3) is 3.90. The number of pyridine rings is 1. The van der Waals surface area contributed by atoms with Gasteiger partial charge in [0.05, 0.1) is 16.3 Å². The molecule has 0 atom stereocenters. The van der Waals surface area contributed by atoms with Crippen molar-refractivity contribution in [3.63, 3.8) is 0 Å². The molecule has 7 heteroatoms. The second kappa shape index (κ2) is 7.81. The van der Waals surface area contributed by atoms with Crippen LogP contribution in [0.25, 0.3) is 11.3 Å². The quantitative estimate of drug-likeness (QED) is 0.717. The highest BCUT2D eigenvalue weighted by Crippen LogP contribution is 2.25. The zero-order valence-corrected chi connectivity index (χ0v) is 14.8. The van der Waals surface area contributed by atoms with Crippen molar-refractivity contribution >= 4 is 23.3 Å². The Balaban J connectivity index is 1.64. The van der Waals surface area contributed by atoms with Gasteiger partial charge in [-0.25, -0.2) is 0 Å². The van der Waals surface area contributed by atoms with E-state index in [9.17, 15) is 4.79 Å². The molecule has 6 nitrogen and oxygen atoms in total. The van der Waals surface area contributed by atoms with Gasteiger partial charge in [-0.15, -0.1) is 0 Å². The van der Waals surface area contributed by atoms with Crippen LogP contribution in [-0.2, 0) is 11.2 Å². The van der Waals surface area contributed by atoms with Gasteiger partial charge in [0.25, 0.3) is 0 Å². The minimum atomic E-state index is -0.144. The molecular weight excluding hydrogens is 350 g/mol. The fourth-order valence-corrected chi connectivity index (χ4v) is 2.75. The molecule has 130 valence electrons. The van der Waals surface area contributed by atoms with Crippen LogP contribution in [0.15, 0.2) is 42.7 Å². The first-order valence-electron chi connectivity index (χ1n) is 8.02. The number of benzene rings is 1. The molecule has 0 fully saturated rings. The topological polar surface area (TPSA) is 94.5 Å². The number of H-pyrrole nitrogens is 1. The van der Waals surface area contributed by atoms with Crippen LogP contribution in [0.1, 0.15) is 23.1 Å². The first-order chi connectivity index (χ1) is 12.6. The van der Waals surface area contributed by atoms with Crippen LogP contribution in [-0.4, -0.2) is 21.1 Å². The molecule has 0 aliphatic carbocycles. The third-order valence-electron chi connectivity index (χ3n) is 4.03. The molecule has 0 saturated heterocycles. The number of rotatable bonds is 5. The zero-order valence-electron chi connectivity index (χ0n) is 14.1. The Kier molecular flexibility index (Phi) is 5.30. The Morgan fingerprint density at radius 2 is 2.08 bits per heavy atom. The summed E-state index contributed by atoms with van der Waals surface area (Å²) in [6.45, 7) is 1.90. The summed E-state index contributed by atoms with van der Waals surface area (Å²) in [7, 11) is 0. The third-order valence-corrected chi connectivity index (χ3v) is 4.36. The zero-order chi connectivity index (χ0) is 18.5. The Bertz CT molecular complexity index is 975. The number of hydrogen-bond donors (Lipinski definition) is 2. The largest absolute Gasteiger partial charge is 0.309 e. The summed E-state index contributed by atoms with van der Waals surface area (Å²) in [5.41, 5.74) is 3.96. The first-order valence-corrected chi connectivity index (χ1v) is 8.40. The smallest absolute Gasteiger partial charge is 0.225 e. The summed E-state index contributed by atoms with van der Waals surface area (Å²) in [6, 6.07) is 11.0. The fourth-order valence-electron chi connectivity index (χ4n) is 2.59. The maximum atomic E-state index is 12.2. The van der Waals surface area contributed by atoms with Crippen molar-refractivity contribution in [3.05, 3.63) is 64.4 Å². The summed E-state index contributed by atoms with van der Waals surface area (Å²) in [6.07, 6.45) is 4.20. The molecule has 0 saturated carbocycles. The summed E-state index contributed by atoms with van der Waals surface area (Å²) < 4.78 is 0. The number of hydrogen-bond acceptors (Lipinski definition) is 4. The molecule has 1 amide bonds. The number of carbonyl (C=O) groups excluding carboxylic acids is 1. The number of aryl methyl sites for hydroxylation is 1. The van der Waals surface area contributed by atoms with Gasteiger partial charge < -0.3 is 5.32 Å². The van der Waals surface area contributed by atoms with Gasteiger partial charge in [-0.3, -0.25) is 14.9 Å². The van der Waals surface area contributed by atoms with E-state index in [1.165, 1.54) is 0 Å². The van der Waals surface area contributed by atoms with Gasteiger partial charge in [-0.1, -0.05) is 17.7 Å². The summed E-state index contributed by atoms with van der Waals surface area (Å²) in [5, 5.41) is 19.4. The minimum absolute atomic E-state index is 0.144. The highest BCUT2D eigenvalue weighted by Gasteiger charge is 2.13. The van der Waals surface area contributed by atoms with E-state index in [4.69, 9.17) is 16.9 Å². The van der Waals surface area contributed by atoms with Gasteiger partial charge >= 0.3 is 0 Å². The lowest BCUT2D eigenvalue weighted by molar-refractivity contribution is -0.116. The van der Waals surface area contributed by atoms with Crippen LogP contribution in [0.5, 0.6) is 0 Å². The van der Waals surface area contributed by atoms with E-state index in [2.05, 4.69) is 20.5 Å². The van der Waals surface area contributed by atoms with Crippen LogP contribution in [0.2, 0.25) is 5.02 Å². The highest BCUT2D eigenvalue weighted by atomic mass is 35.5. The van der Waals surface area contributed by atoms with Gasteiger partial charge in [0.15, 0.2) is 5.82 Å². The van der Waals surface area contributed by atoms with Crippen molar-refractivity contribution < 1.29 is 4.79 Å². The molecule has 2 aromatic heterocycles.